The number of aryl methyl sites for hydroxylation is 3. The first-order valence-electron chi connectivity index (χ1n) is 18.5. The van der Waals surface area contributed by atoms with Crippen LogP contribution in [0.15, 0.2) is 95.9 Å². The zero-order valence-corrected chi connectivity index (χ0v) is 33.4. The molecule has 0 saturated carbocycles. The summed E-state index contributed by atoms with van der Waals surface area (Å²) in [6, 6.07) is 28.0. The Morgan fingerprint density at radius 3 is 2.02 bits per heavy atom. The van der Waals surface area contributed by atoms with E-state index in [0.29, 0.717) is 48.2 Å². The molecule has 0 bridgehead atoms. The monoisotopic (exact) mass is 743 g/mol. The fourth-order valence-corrected chi connectivity index (χ4v) is 9.00. The van der Waals surface area contributed by atoms with E-state index in [-0.39, 0.29) is 29.7 Å². The van der Waals surface area contributed by atoms with Crippen molar-refractivity contribution in [1.29, 1.82) is 0 Å². The maximum atomic E-state index is 14.7. The van der Waals surface area contributed by atoms with E-state index in [1.807, 2.05) is 119 Å². The molecular formula is C44H57NO7S. The van der Waals surface area contributed by atoms with E-state index in [2.05, 4.69) is 13.8 Å². The lowest BCUT2D eigenvalue weighted by molar-refractivity contribution is -0.152. The van der Waals surface area contributed by atoms with Gasteiger partial charge in [0, 0.05) is 33.1 Å². The second-order valence-corrected chi connectivity index (χ2v) is 16.1. The molecule has 0 aliphatic carbocycles. The van der Waals surface area contributed by atoms with Gasteiger partial charge in [0.15, 0.2) is 11.5 Å². The third kappa shape index (κ3) is 11.4. The van der Waals surface area contributed by atoms with Crippen LogP contribution in [-0.4, -0.2) is 52.2 Å². The van der Waals surface area contributed by atoms with E-state index < -0.39 is 22.2 Å². The third-order valence-electron chi connectivity index (χ3n) is 9.77. The average Bonchev–Trinajstić information content (AvgIpc) is 3.13. The maximum absolute atomic E-state index is 14.7. The zero-order valence-electron chi connectivity index (χ0n) is 32.6. The molecule has 8 nitrogen and oxygen atoms in total. The molecular weight excluding hydrogens is 687 g/mol. The topological polar surface area (TPSA) is 91.4 Å². The number of carbonyl (C=O) groups excluding carboxylic acids is 1. The van der Waals surface area contributed by atoms with E-state index in [4.69, 9.17) is 18.9 Å². The first-order chi connectivity index (χ1) is 25.3. The summed E-state index contributed by atoms with van der Waals surface area (Å²) >= 11 is 0. The van der Waals surface area contributed by atoms with Gasteiger partial charge in [-0.1, -0.05) is 98.3 Å². The van der Waals surface area contributed by atoms with Gasteiger partial charge in [-0.15, -0.1) is 0 Å². The summed E-state index contributed by atoms with van der Waals surface area (Å²) in [6.45, 7) is 13.0. The van der Waals surface area contributed by atoms with Gasteiger partial charge >= 0.3 is 5.97 Å². The van der Waals surface area contributed by atoms with Crippen LogP contribution in [0.5, 0.6) is 11.5 Å². The highest BCUT2D eigenvalue weighted by molar-refractivity contribution is 7.89. The summed E-state index contributed by atoms with van der Waals surface area (Å²) in [6.07, 6.45) is 1.47. The largest absolute Gasteiger partial charge is 0.493 e. The Morgan fingerprint density at radius 1 is 0.774 bits per heavy atom. The van der Waals surface area contributed by atoms with Crippen LogP contribution < -0.4 is 9.47 Å². The average molecular weight is 744 g/mol. The molecule has 4 aromatic carbocycles. The van der Waals surface area contributed by atoms with Crippen LogP contribution in [-0.2, 0) is 37.3 Å². The number of hydrogen-bond acceptors (Lipinski definition) is 7. The van der Waals surface area contributed by atoms with Crippen molar-refractivity contribution in [3.63, 3.8) is 0 Å². The Morgan fingerprint density at radius 2 is 1.42 bits per heavy atom. The lowest BCUT2D eigenvalue weighted by Gasteiger charge is -2.35. The first-order valence-corrected chi connectivity index (χ1v) is 20.0. The molecule has 9 heteroatoms. The van der Waals surface area contributed by atoms with Crippen LogP contribution in [0.1, 0.15) is 79.5 Å². The second-order valence-electron chi connectivity index (χ2n) is 14.3. The Hall–Kier alpha value is -4.18. The van der Waals surface area contributed by atoms with Crippen LogP contribution in [0.2, 0.25) is 0 Å². The highest BCUT2D eigenvalue weighted by Crippen LogP contribution is 2.35. The van der Waals surface area contributed by atoms with Gasteiger partial charge in [0.2, 0.25) is 10.0 Å². The molecule has 0 aromatic heterocycles. The standard InChI is InChI=1S/C44H57NO7S/c1-31(2)39(28-37-20-22-40(50-8)41(29-37)51-25-15-24-49-7)21-23-42(46)52-43(38-18-13-10-14-19-38)35(6)45(30-36-16-11-9-12-17-36)53(47,48)44-33(4)26-32(3)27-34(44)5/h9-14,16-20,22,26-27,29,31,35,39,43H,15,21,23-25,28,30H2,1-8H3/t35-,39-,43-/m1/s1. The van der Waals surface area contributed by atoms with Gasteiger partial charge in [0.1, 0.15) is 6.10 Å². The summed E-state index contributed by atoms with van der Waals surface area (Å²) in [5.74, 6) is 1.48. The fourth-order valence-electron chi connectivity index (χ4n) is 6.96. The molecule has 0 heterocycles. The highest BCUT2D eigenvalue weighted by atomic mass is 32.2. The number of methoxy groups -OCH3 is 2. The number of ether oxygens (including phenoxy) is 4. The fraction of sp³-hybridized carbons (Fsp3) is 0.432. The number of esters is 1. The molecule has 0 N–H and O–H groups in total. The molecule has 0 saturated heterocycles. The van der Waals surface area contributed by atoms with Gasteiger partial charge in [-0.05, 0) is 92.3 Å². The third-order valence-corrected chi connectivity index (χ3v) is 12.0. The molecule has 286 valence electrons. The molecule has 0 aliphatic rings. The van der Waals surface area contributed by atoms with Crippen LogP contribution in [0.3, 0.4) is 0 Å². The number of benzene rings is 4. The number of hydrogen-bond donors (Lipinski definition) is 0. The molecule has 0 aliphatic heterocycles. The van der Waals surface area contributed by atoms with Gasteiger partial charge in [-0.25, -0.2) is 8.42 Å². The van der Waals surface area contributed by atoms with E-state index in [1.54, 1.807) is 14.2 Å². The summed E-state index contributed by atoms with van der Waals surface area (Å²) in [7, 11) is -0.738. The molecule has 53 heavy (non-hydrogen) atoms. The van der Waals surface area contributed by atoms with Gasteiger partial charge in [0.05, 0.1) is 24.7 Å². The predicted octanol–water partition coefficient (Wildman–Crippen LogP) is 9.19. The van der Waals surface area contributed by atoms with Crippen molar-refractivity contribution in [3.8, 4) is 11.5 Å². The van der Waals surface area contributed by atoms with Gasteiger partial charge in [-0.2, -0.15) is 4.31 Å². The van der Waals surface area contributed by atoms with Gasteiger partial charge < -0.3 is 18.9 Å². The number of carbonyl (C=O) groups is 1. The van der Waals surface area contributed by atoms with Crippen molar-refractivity contribution >= 4 is 16.0 Å². The van der Waals surface area contributed by atoms with E-state index in [1.165, 1.54) is 4.31 Å². The van der Waals surface area contributed by atoms with E-state index >= 15 is 0 Å². The Bertz CT molecular complexity index is 1840. The van der Waals surface area contributed by atoms with Gasteiger partial charge in [0.25, 0.3) is 0 Å². The molecule has 4 rings (SSSR count). The van der Waals surface area contributed by atoms with Crippen LogP contribution in [0.25, 0.3) is 0 Å². The second kappa shape index (κ2) is 19.8. The summed E-state index contributed by atoms with van der Waals surface area (Å²) in [5, 5.41) is 0. The summed E-state index contributed by atoms with van der Waals surface area (Å²) in [5.41, 5.74) is 5.03. The molecule has 4 aromatic rings. The minimum absolute atomic E-state index is 0.118. The SMILES string of the molecule is COCCCOc1cc(C[C@@H](CCC(=O)O[C@@H](c2ccccc2)[C@@H](C)N(Cc2ccccc2)S(=O)(=O)c2c(C)cc(C)cc2C)C(C)C)ccc1OC. The van der Waals surface area contributed by atoms with Crippen molar-refractivity contribution in [3.05, 3.63) is 124 Å². The Labute approximate surface area is 317 Å². The summed E-state index contributed by atoms with van der Waals surface area (Å²) < 4.78 is 54.0. The minimum atomic E-state index is -4.04. The zero-order chi connectivity index (χ0) is 38.5. The van der Waals surface area contributed by atoms with E-state index in [0.717, 1.165) is 35.1 Å². The molecule has 0 unspecified atom stereocenters. The van der Waals surface area contributed by atoms with Crippen molar-refractivity contribution in [2.24, 2.45) is 11.8 Å². The van der Waals surface area contributed by atoms with Crippen molar-refractivity contribution in [1.82, 2.24) is 4.31 Å². The van der Waals surface area contributed by atoms with Crippen LogP contribution in [0.4, 0.5) is 0 Å². The smallest absolute Gasteiger partial charge is 0.306 e. The highest BCUT2D eigenvalue weighted by Gasteiger charge is 2.38. The van der Waals surface area contributed by atoms with Crippen LogP contribution >= 0.6 is 0 Å². The lowest BCUT2D eigenvalue weighted by Crippen LogP contribution is -2.43. The summed E-state index contributed by atoms with van der Waals surface area (Å²) in [4.78, 5) is 14.1. The molecule has 0 amide bonds. The van der Waals surface area contributed by atoms with Crippen molar-refractivity contribution < 1.29 is 32.2 Å². The number of rotatable bonds is 20. The maximum Gasteiger partial charge on any atom is 0.306 e. The molecule has 0 fully saturated rings. The number of nitrogens with zero attached hydrogens (tertiary/aromatic N) is 1. The van der Waals surface area contributed by atoms with Crippen molar-refractivity contribution in [2.45, 2.75) is 90.8 Å². The molecule has 3 atom stereocenters. The van der Waals surface area contributed by atoms with Gasteiger partial charge in [-0.3, -0.25) is 4.79 Å². The minimum Gasteiger partial charge on any atom is -0.493 e. The predicted molar refractivity (Wildman–Crippen MR) is 211 cm³/mol. The number of sulfonamides is 1. The Kier molecular flexibility index (Phi) is 15.5. The Balaban J connectivity index is 1.59. The van der Waals surface area contributed by atoms with Crippen molar-refractivity contribution in [2.75, 3.05) is 27.4 Å². The van der Waals surface area contributed by atoms with E-state index in [9.17, 15) is 13.2 Å². The normalized spacial score (nSPS) is 13.5. The molecule has 0 spiro atoms. The lowest BCUT2D eigenvalue weighted by atomic mass is 9.85. The van der Waals surface area contributed by atoms with Crippen LogP contribution in [0, 0.1) is 32.6 Å². The quantitative estimate of drug-likeness (QED) is 0.0659. The first kappa shape index (κ1) is 41.6. The molecule has 0 radical (unpaired) electrons.